The van der Waals surface area contributed by atoms with Gasteiger partial charge in [0.2, 0.25) is 5.91 Å². The first-order valence-electron chi connectivity index (χ1n) is 6.12. The van der Waals surface area contributed by atoms with E-state index in [9.17, 15) is 9.59 Å². The maximum atomic E-state index is 12.0. The number of hydrogen-bond donors (Lipinski definition) is 2. The topological polar surface area (TPSA) is 83.6 Å². The lowest BCUT2D eigenvalue weighted by Crippen LogP contribution is -2.48. The summed E-state index contributed by atoms with van der Waals surface area (Å²) in [6.45, 7) is 8.03. The molecule has 0 aromatic rings. The molecule has 0 fully saturated rings. The normalized spacial score (nSPS) is 16.1. The van der Waals surface area contributed by atoms with Gasteiger partial charge in [-0.1, -0.05) is 27.2 Å². The second-order valence-corrected chi connectivity index (χ2v) is 4.53. The van der Waals surface area contributed by atoms with Crippen molar-refractivity contribution in [3.8, 4) is 0 Å². The zero-order chi connectivity index (χ0) is 13.6. The van der Waals surface area contributed by atoms with Crippen molar-refractivity contribution in [1.29, 1.82) is 0 Å². The molecule has 5 heteroatoms. The summed E-state index contributed by atoms with van der Waals surface area (Å²) in [6, 6.07) is -0.541. The smallest absolute Gasteiger partial charge is 0.308 e. The van der Waals surface area contributed by atoms with E-state index < -0.39 is 17.9 Å². The Hall–Kier alpha value is -1.10. The van der Waals surface area contributed by atoms with E-state index in [0.29, 0.717) is 6.54 Å². The minimum atomic E-state index is -0.895. The third kappa shape index (κ3) is 4.73. The lowest BCUT2D eigenvalue weighted by atomic mass is 9.98. The van der Waals surface area contributed by atoms with Crippen molar-refractivity contribution in [1.82, 2.24) is 4.90 Å². The molecule has 1 unspecified atom stereocenters. The Labute approximate surface area is 103 Å². The number of nitrogens with two attached hydrogens (primary N) is 1. The number of rotatable bonds is 7. The Morgan fingerprint density at radius 3 is 2.18 bits per heavy atom. The molecule has 0 radical (unpaired) electrons. The molecule has 0 heterocycles. The summed E-state index contributed by atoms with van der Waals surface area (Å²) < 4.78 is 0. The van der Waals surface area contributed by atoms with Crippen molar-refractivity contribution in [2.75, 3.05) is 13.1 Å². The highest BCUT2D eigenvalue weighted by molar-refractivity contribution is 5.82. The second kappa shape index (κ2) is 7.27. The van der Waals surface area contributed by atoms with Gasteiger partial charge in [-0.15, -0.1) is 0 Å². The minimum absolute atomic E-state index is 0.108. The van der Waals surface area contributed by atoms with Crippen molar-refractivity contribution in [3.05, 3.63) is 0 Å². The Balaban J connectivity index is 4.55. The quantitative estimate of drug-likeness (QED) is 0.697. The van der Waals surface area contributed by atoms with Crippen molar-refractivity contribution < 1.29 is 14.7 Å². The largest absolute Gasteiger partial charge is 0.481 e. The highest BCUT2D eigenvalue weighted by Gasteiger charge is 2.26. The number of hydrogen-bond acceptors (Lipinski definition) is 3. The van der Waals surface area contributed by atoms with E-state index in [1.807, 2.05) is 20.8 Å². The van der Waals surface area contributed by atoms with Crippen LogP contribution in [0.3, 0.4) is 0 Å². The number of carboxylic acid groups (broad SMARTS) is 1. The van der Waals surface area contributed by atoms with Crippen molar-refractivity contribution >= 4 is 11.9 Å². The van der Waals surface area contributed by atoms with Crippen LogP contribution in [0, 0.1) is 11.8 Å². The molecule has 0 saturated heterocycles. The molecule has 1 amide bonds. The first kappa shape index (κ1) is 15.9. The van der Waals surface area contributed by atoms with Gasteiger partial charge in [-0.2, -0.15) is 0 Å². The van der Waals surface area contributed by atoms with Gasteiger partial charge in [-0.05, 0) is 12.8 Å². The minimum Gasteiger partial charge on any atom is -0.481 e. The summed E-state index contributed by atoms with van der Waals surface area (Å²) in [6.07, 6.45) is 0.832. The molecule has 0 aliphatic heterocycles. The third-order valence-corrected chi connectivity index (χ3v) is 3.15. The van der Waals surface area contributed by atoms with Gasteiger partial charge in [0.25, 0.3) is 0 Å². The molecular weight excluding hydrogens is 220 g/mol. The third-order valence-electron chi connectivity index (χ3n) is 3.15. The van der Waals surface area contributed by atoms with Crippen LogP contribution in [-0.2, 0) is 9.59 Å². The van der Waals surface area contributed by atoms with Crippen LogP contribution in [0.1, 0.15) is 34.1 Å². The van der Waals surface area contributed by atoms with Crippen molar-refractivity contribution in [3.63, 3.8) is 0 Å². The average molecular weight is 244 g/mol. The highest BCUT2D eigenvalue weighted by Crippen LogP contribution is 2.10. The average Bonchev–Trinajstić information content (AvgIpc) is 2.32. The van der Waals surface area contributed by atoms with Gasteiger partial charge in [0, 0.05) is 13.1 Å². The molecule has 5 nitrogen and oxygen atoms in total. The van der Waals surface area contributed by atoms with Crippen LogP contribution in [0.2, 0.25) is 0 Å². The molecule has 0 aliphatic carbocycles. The van der Waals surface area contributed by atoms with Crippen LogP contribution >= 0.6 is 0 Å². The fourth-order valence-corrected chi connectivity index (χ4v) is 1.49. The number of likely N-dealkylation sites (N-methyl/N-ethyl adjacent to an activating group) is 1. The number of carbonyl (C=O) groups excluding carboxylic acids is 1. The van der Waals surface area contributed by atoms with Gasteiger partial charge in [0.15, 0.2) is 0 Å². The molecule has 3 N–H and O–H groups in total. The van der Waals surface area contributed by atoms with E-state index in [2.05, 4.69) is 0 Å². The standard InChI is InChI=1S/C12H24N2O3/c1-5-8(3)10(13)11(15)14(6-2)7-9(4)12(16)17/h8-10H,5-7,13H2,1-4H3,(H,16,17)/t8-,9?,10-/m0/s1. The van der Waals surface area contributed by atoms with E-state index in [0.717, 1.165) is 6.42 Å². The monoisotopic (exact) mass is 244 g/mol. The van der Waals surface area contributed by atoms with Gasteiger partial charge in [0.1, 0.15) is 0 Å². The molecule has 0 spiro atoms. The van der Waals surface area contributed by atoms with Crippen LogP contribution in [0.15, 0.2) is 0 Å². The molecule has 0 saturated carbocycles. The van der Waals surface area contributed by atoms with Gasteiger partial charge < -0.3 is 15.7 Å². The summed E-state index contributed by atoms with van der Waals surface area (Å²) >= 11 is 0. The van der Waals surface area contributed by atoms with Gasteiger partial charge in [-0.25, -0.2) is 0 Å². The van der Waals surface area contributed by atoms with Crippen LogP contribution < -0.4 is 5.73 Å². The van der Waals surface area contributed by atoms with Crippen molar-refractivity contribution in [2.45, 2.75) is 40.2 Å². The van der Waals surface area contributed by atoms with Crippen molar-refractivity contribution in [2.24, 2.45) is 17.6 Å². The van der Waals surface area contributed by atoms with Gasteiger partial charge in [0.05, 0.1) is 12.0 Å². The molecule has 0 aliphatic rings. The molecule has 3 atom stereocenters. The van der Waals surface area contributed by atoms with Crippen LogP contribution in [0.5, 0.6) is 0 Å². The zero-order valence-corrected chi connectivity index (χ0v) is 11.1. The lowest BCUT2D eigenvalue weighted by Gasteiger charge is -2.28. The maximum absolute atomic E-state index is 12.0. The van der Waals surface area contributed by atoms with Crippen LogP contribution in [0.25, 0.3) is 0 Å². The molecule has 0 aromatic heterocycles. The number of carbonyl (C=O) groups is 2. The highest BCUT2D eigenvalue weighted by atomic mass is 16.4. The molecule has 0 bridgehead atoms. The van der Waals surface area contributed by atoms with E-state index in [1.165, 1.54) is 4.90 Å². The van der Waals surface area contributed by atoms with Gasteiger partial charge in [-0.3, -0.25) is 9.59 Å². The second-order valence-electron chi connectivity index (χ2n) is 4.53. The summed E-state index contributed by atoms with van der Waals surface area (Å²) in [5.41, 5.74) is 5.86. The Kier molecular flexibility index (Phi) is 6.80. The molecule has 0 aromatic carbocycles. The Morgan fingerprint density at radius 2 is 1.82 bits per heavy atom. The van der Waals surface area contributed by atoms with E-state index in [1.54, 1.807) is 6.92 Å². The van der Waals surface area contributed by atoms with E-state index in [-0.39, 0.29) is 18.4 Å². The fraction of sp³-hybridized carbons (Fsp3) is 0.833. The fourth-order valence-electron chi connectivity index (χ4n) is 1.49. The van der Waals surface area contributed by atoms with Crippen LogP contribution in [-0.4, -0.2) is 41.0 Å². The summed E-state index contributed by atoms with van der Waals surface area (Å²) in [7, 11) is 0. The zero-order valence-electron chi connectivity index (χ0n) is 11.1. The summed E-state index contributed by atoms with van der Waals surface area (Å²) in [5.74, 6) is -1.51. The predicted molar refractivity (Wildman–Crippen MR) is 66.5 cm³/mol. The molecule has 0 rings (SSSR count). The lowest BCUT2D eigenvalue weighted by molar-refractivity contribution is -0.143. The van der Waals surface area contributed by atoms with Gasteiger partial charge >= 0.3 is 5.97 Å². The predicted octanol–water partition coefficient (Wildman–Crippen LogP) is 0.929. The van der Waals surface area contributed by atoms with Crippen LogP contribution in [0.4, 0.5) is 0 Å². The molecule has 100 valence electrons. The number of nitrogens with zero attached hydrogens (tertiary/aromatic N) is 1. The first-order valence-corrected chi connectivity index (χ1v) is 6.12. The number of aliphatic carboxylic acids is 1. The molecular formula is C12H24N2O3. The number of amides is 1. The number of carboxylic acids is 1. The first-order chi connectivity index (χ1) is 7.84. The maximum Gasteiger partial charge on any atom is 0.308 e. The van der Waals surface area contributed by atoms with E-state index >= 15 is 0 Å². The molecule has 17 heavy (non-hydrogen) atoms. The Bertz CT molecular complexity index is 268. The Morgan fingerprint density at radius 1 is 1.29 bits per heavy atom. The summed E-state index contributed by atoms with van der Waals surface area (Å²) in [4.78, 5) is 24.3. The summed E-state index contributed by atoms with van der Waals surface area (Å²) in [5, 5.41) is 8.83. The SMILES string of the molecule is CC[C@H](C)[C@H](N)C(=O)N(CC)CC(C)C(=O)O. The van der Waals surface area contributed by atoms with E-state index in [4.69, 9.17) is 10.8 Å².